The maximum atomic E-state index is 11.8. The number of Topliss-reactive ketones (excluding diaryl/α,β-unsaturated/α-hetero) is 1. The minimum atomic E-state index is -1.53. The van der Waals surface area contributed by atoms with Gasteiger partial charge in [-0.3, -0.25) is 4.79 Å². The van der Waals surface area contributed by atoms with Crippen LogP contribution in [0.3, 0.4) is 0 Å². The van der Waals surface area contributed by atoms with Gasteiger partial charge in [0.05, 0.1) is 6.04 Å². The molecule has 1 unspecified atom stereocenters. The lowest BCUT2D eigenvalue weighted by atomic mass is 10.0. The van der Waals surface area contributed by atoms with Crippen molar-refractivity contribution in [1.29, 1.82) is 0 Å². The Morgan fingerprint density at radius 3 is 2.24 bits per heavy atom. The highest BCUT2D eigenvalue weighted by molar-refractivity contribution is 6.32. The van der Waals surface area contributed by atoms with Gasteiger partial charge in [0.15, 0.2) is 0 Å². The summed E-state index contributed by atoms with van der Waals surface area (Å²) in [6.07, 6.45) is -1.03. The van der Waals surface area contributed by atoms with Gasteiger partial charge < -0.3 is 15.2 Å². The summed E-state index contributed by atoms with van der Waals surface area (Å²) in [5.41, 5.74) is -0.0414. The van der Waals surface area contributed by atoms with Crippen LogP contribution in [-0.4, -0.2) is 28.6 Å². The number of carboxylic acids is 1. The molecule has 0 fully saturated rings. The van der Waals surface area contributed by atoms with Crippen molar-refractivity contribution in [2.45, 2.75) is 38.8 Å². The summed E-state index contributed by atoms with van der Waals surface area (Å²) in [6.45, 7) is 5.14. The predicted octanol–water partition coefficient (Wildman–Crippen LogP) is 2.30. The van der Waals surface area contributed by atoms with Crippen LogP contribution >= 0.6 is 0 Å². The molecule has 0 saturated heterocycles. The second-order valence-electron chi connectivity index (χ2n) is 5.54. The fraction of sp³-hybridized carbons (Fsp3) is 0.400. The molecule has 0 aliphatic heterocycles. The number of carboxylic acid groups (broad SMARTS) is 1. The summed E-state index contributed by atoms with van der Waals surface area (Å²) in [4.78, 5) is 33.9. The highest BCUT2D eigenvalue weighted by Gasteiger charge is 2.24. The summed E-state index contributed by atoms with van der Waals surface area (Å²) in [7, 11) is 0. The Kier molecular flexibility index (Phi) is 5.46. The van der Waals surface area contributed by atoms with Gasteiger partial charge in [-0.1, -0.05) is 30.3 Å². The molecule has 1 atom stereocenters. The van der Waals surface area contributed by atoms with E-state index in [1.807, 2.05) is 0 Å². The minimum Gasteiger partial charge on any atom is -0.475 e. The van der Waals surface area contributed by atoms with Gasteiger partial charge in [-0.2, -0.15) is 0 Å². The minimum absolute atomic E-state index is 0.335. The average molecular weight is 293 g/mol. The number of aliphatic carboxylic acids is 1. The van der Waals surface area contributed by atoms with Crippen LogP contribution < -0.4 is 5.32 Å². The van der Waals surface area contributed by atoms with Crippen LogP contribution in [0.4, 0.5) is 4.79 Å². The standard InChI is InChI=1S/C15H19NO5/c1-15(2,3)21-14(20)16-11(9-12(17)13(18)19)10-7-5-4-6-8-10/h4-8,11H,9H2,1-3H3,(H,16,20)(H,18,19). The Balaban J connectivity index is 2.85. The van der Waals surface area contributed by atoms with E-state index < -0.39 is 29.5 Å². The van der Waals surface area contributed by atoms with Crippen molar-refractivity contribution in [1.82, 2.24) is 5.32 Å². The molecular weight excluding hydrogens is 274 g/mol. The van der Waals surface area contributed by atoms with Crippen molar-refractivity contribution in [2.24, 2.45) is 0 Å². The number of ether oxygens (including phenoxy) is 1. The maximum absolute atomic E-state index is 11.8. The van der Waals surface area contributed by atoms with Crippen molar-refractivity contribution in [3.8, 4) is 0 Å². The van der Waals surface area contributed by atoms with Gasteiger partial charge in [0, 0.05) is 6.42 Å². The van der Waals surface area contributed by atoms with E-state index in [-0.39, 0.29) is 6.42 Å². The van der Waals surface area contributed by atoms with Crippen LogP contribution in [0.25, 0.3) is 0 Å². The molecule has 114 valence electrons. The van der Waals surface area contributed by atoms with Gasteiger partial charge in [0.1, 0.15) is 5.60 Å². The molecule has 0 bridgehead atoms. The zero-order valence-corrected chi connectivity index (χ0v) is 12.3. The summed E-state index contributed by atoms with van der Waals surface area (Å²) in [6, 6.07) is 7.93. The van der Waals surface area contributed by atoms with E-state index in [1.54, 1.807) is 51.1 Å². The zero-order valence-electron chi connectivity index (χ0n) is 12.3. The smallest absolute Gasteiger partial charge is 0.408 e. The molecule has 6 nitrogen and oxygen atoms in total. The number of hydrogen-bond donors (Lipinski definition) is 2. The first-order valence-electron chi connectivity index (χ1n) is 6.49. The number of benzene rings is 1. The van der Waals surface area contributed by atoms with Gasteiger partial charge in [0.25, 0.3) is 0 Å². The first kappa shape index (κ1) is 16.7. The van der Waals surface area contributed by atoms with Crippen LogP contribution in [0.2, 0.25) is 0 Å². The van der Waals surface area contributed by atoms with E-state index in [9.17, 15) is 14.4 Å². The molecule has 21 heavy (non-hydrogen) atoms. The van der Waals surface area contributed by atoms with E-state index in [2.05, 4.69) is 5.32 Å². The molecule has 0 aliphatic carbocycles. The maximum Gasteiger partial charge on any atom is 0.408 e. The van der Waals surface area contributed by atoms with E-state index in [0.29, 0.717) is 5.56 Å². The van der Waals surface area contributed by atoms with Crippen LogP contribution in [0.5, 0.6) is 0 Å². The lowest BCUT2D eigenvalue weighted by Gasteiger charge is -2.23. The number of ketones is 1. The van der Waals surface area contributed by atoms with Crippen molar-refractivity contribution >= 4 is 17.8 Å². The first-order valence-corrected chi connectivity index (χ1v) is 6.49. The van der Waals surface area contributed by atoms with Gasteiger partial charge in [-0.15, -0.1) is 0 Å². The molecule has 0 spiro atoms. The molecule has 2 N–H and O–H groups in total. The Bertz CT molecular complexity index is 519. The van der Waals surface area contributed by atoms with Gasteiger partial charge in [-0.05, 0) is 26.3 Å². The summed E-state index contributed by atoms with van der Waals surface area (Å²) < 4.78 is 5.12. The molecule has 0 aromatic heterocycles. The summed E-state index contributed by atoms with van der Waals surface area (Å²) in [5.74, 6) is -2.50. The van der Waals surface area contributed by atoms with Gasteiger partial charge >= 0.3 is 12.1 Å². The molecule has 0 heterocycles. The second-order valence-corrected chi connectivity index (χ2v) is 5.54. The van der Waals surface area contributed by atoms with Crippen molar-refractivity contribution in [2.75, 3.05) is 0 Å². The lowest BCUT2D eigenvalue weighted by molar-refractivity contribution is -0.149. The predicted molar refractivity (Wildman–Crippen MR) is 75.8 cm³/mol. The molecule has 6 heteroatoms. The fourth-order valence-electron chi connectivity index (χ4n) is 1.66. The van der Waals surface area contributed by atoms with Gasteiger partial charge in [-0.25, -0.2) is 9.59 Å². The molecule has 1 aromatic rings. The largest absolute Gasteiger partial charge is 0.475 e. The van der Waals surface area contributed by atoms with Crippen LogP contribution in [0.15, 0.2) is 30.3 Å². The molecule has 1 aromatic carbocycles. The van der Waals surface area contributed by atoms with Crippen molar-refractivity contribution < 1.29 is 24.2 Å². The number of carbonyl (C=O) groups is 3. The number of alkyl carbamates (subject to hydrolysis) is 1. The highest BCUT2D eigenvalue weighted by atomic mass is 16.6. The van der Waals surface area contributed by atoms with Crippen LogP contribution in [-0.2, 0) is 14.3 Å². The summed E-state index contributed by atoms with van der Waals surface area (Å²) in [5, 5.41) is 11.2. The Morgan fingerprint density at radius 2 is 1.76 bits per heavy atom. The second kappa shape index (κ2) is 6.88. The van der Waals surface area contributed by atoms with Crippen molar-refractivity contribution in [3.63, 3.8) is 0 Å². The average Bonchev–Trinajstić information content (AvgIpc) is 2.36. The van der Waals surface area contributed by atoms with E-state index >= 15 is 0 Å². The first-order chi connectivity index (χ1) is 9.69. The highest BCUT2D eigenvalue weighted by Crippen LogP contribution is 2.18. The Hall–Kier alpha value is -2.37. The van der Waals surface area contributed by atoms with Crippen LogP contribution in [0, 0.1) is 0 Å². The number of rotatable bonds is 5. The van der Waals surface area contributed by atoms with E-state index in [4.69, 9.17) is 9.84 Å². The normalized spacial score (nSPS) is 12.3. The Labute approximate surface area is 123 Å². The molecule has 1 amide bonds. The monoisotopic (exact) mass is 293 g/mol. The third kappa shape index (κ3) is 6.07. The number of amides is 1. The molecular formula is C15H19NO5. The molecule has 0 aliphatic rings. The van der Waals surface area contributed by atoms with E-state index in [0.717, 1.165) is 0 Å². The fourth-order valence-corrected chi connectivity index (χ4v) is 1.66. The topological polar surface area (TPSA) is 92.7 Å². The van der Waals surface area contributed by atoms with E-state index in [1.165, 1.54) is 0 Å². The SMILES string of the molecule is CC(C)(C)OC(=O)NC(CC(=O)C(=O)O)c1ccccc1. The zero-order chi connectivity index (χ0) is 16.0. The van der Waals surface area contributed by atoms with Gasteiger partial charge in [0.2, 0.25) is 5.78 Å². The summed E-state index contributed by atoms with van der Waals surface area (Å²) >= 11 is 0. The third-order valence-corrected chi connectivity index (χ3v) is 2.52. The third-order valence-electron chi connectivity index (χ3n) is 2.52. The van der Waals surface area contributed by atoms with Crippen LogP contribution in [0.1, 0.15) is 38.8 Å². The number of nitrogens with one attached hydrogen (secondary N) is 1. The van der Waals surface area contributed by atoms with Crippen molar-refractivity contribution in [3.05, 3.63) is 35.9 Å². The number of carbonyl (C=O) groups excluding carboxylic acids is 2. The number of hydrogen-bond acceptors (Lipinski definition) is 4. The quantitative estimate of drug-likeness (QED) is 0.812. The molecule has 1 rings (SSSR count). The lowest BCUT2D eigenvalue weighted by Crippen LogP contribution is -2.36. The molecule has 0 saturated carbocycles. The Morgan fingerprint density at radius 1 is 1.19 bits per heavy atom. The molecule has 0 radical (unpaired) electrons.